The molecule has 1 aliphatic heterocycles. The van der Waals surface area contributed by atoms with Crippen molar-refractivity contribution in [3.05, 3.63) is 22.8 Å². The van der Waals surface area contributed by atoms with E-state index in [4.69, 9.17) is 16.3 Å². The molecule has 1 saturated heterocycles. The van der Waals surface area contributed by atoms with Crippen LogP contribution in [0.1, 0.15) is 32.8 Å². The first-order chi connectivity index (χ1) is 9.61. The number of aromatic nitrogens is 1. The normalized spacial score (nSPS) is 19.6. The number of nitrogens with zero attached hydrogens (tertiary/aromatic N) is 2. The largest absolute Gasteiger partial charge is 0.377 e. The van der Waals surface area contributed by atoms with E-state index in [1.807, 2.05) is 12.3 Å². The third-order valence-electron chi connectivity index (χ3n) is 3.56. The number of pyridine rings is 1. The first-order valence-corrected chi connectivity index (χ1v) is 7.71. The van der Waals surface area contributed by atoms with Crippen molar-refractivity contribution < 1.29 is 4.74 Å². The number of ether oxygens (including phenoxy) is 1. The third-order valence-corrected chi connectivity index (χ3v) is 3.84. The predicted molar refractivity (Wildman–Crippen MR) is 83.5 cm³/mol. The molecule has 0 aromatic carbocycles. The summed E-state index contributed by atoms with van der Waals surface area (Å²) in [6, 6.07) is 2.84. The van der Waals surface area contributed by atoms with Gasteiger partial charge < -0.3 is 15.0 Å². The van der Waals surface area contributed by atoms with Crippen LogP contribution in [-0.4, -0.2) is 36.8 Å². The average molecular weight is 298 g/mol. The second-order valence-corrected chi connectivity index (χ2v) is 5.92. The van der Waals surface area contributed by atoms with Gasteiger partial charge in [0.1, 0.15) is 5.82 Å². The van der Waals surface area contributed by atoms with E-state index in [9.17, 15) is 0 Å². The molecule has 0 radical (unpaired) electrons. The van der Waals surface area contributed by atoms with Crippen molar-refractivity contribution in [2.24, 2.45) is 0 Å². The zero-order valence-electron chi connectivity index (χ0n) is 12.5. The van der Waals surface area contributed by atoms with Gasteiger partial charge in [0, 0.05) is 25.3 Å². The van der Waals surface area contributed by atoms with Crippen LogP contribution in [0.2, 0.25) is 5.02 Å². The predicted octanol–water partition coefficient (Wildman–Crippen LogP) is 2.85. The number of halogens is 1. The fourth-order valence-corrected chi connectivity index (χ4v) is 2.67. The molecule has 0 saturated carbocycles. The minimum Gasteiger partial charge on any atom is -0.377 e. The van der Waals surface area contributed by atoms with E-state index in [0.717, 1.165) is 49.1 Å². The minimum atomic E-state index is 0.369. The van der Waals surface area contributed by atoms with Crippen LogP contribution < -0.4 is 10.2 Å². The van der Waals surface area contributed by atoms with Crippen LogP contribution in [0.25, 0.3) is 0 Å². The lowest BCUT2D eigenvalue weighted by molar-refractivity contribution is 0.0926. The van der Waals surface area contributed by atoms with E-state index in [-0.39, 0.29) is 0 Å². The zero-order chi connectivity index (χ0) is 14.5. The van der Waals surface area contributed by atoms with Crippen LogP contribution >= 0.6 is 11.6 Å². The van der Waals surface area contributed by atoms with Gasteiger partial charge >= 0.3 is 0 Å². The lowest BCUT2D eigenvalue weighted by Crippen LogP contribution is -2.45. The Morgan fingerprint density at radius 1 is 1.55 bits per heavy atom. The van der Waals surface area contributed by atoms with Crippen molar-refractivity contribution in [3.63, 3.8) is 0 Å². The lowest BCUT2D eigenvalue weighted by Gasteiger charge is -2.36. The molecule has 1 aromatic heterocycles. The number of hydrogen-bond acceptors (Lipinski definition) is 4. The van der Waals surface area contributed by atoms with Crippen molar-refractivity contribution in [1.29, 1.82) is 0 Å². The second kappa shape index (κ2) is 7.25. The Morgan fingerprint density at radius 3 is 3.00 bits per heavy atom. The maximum Gasteiger partial charge on any atom is 0.147 e. The number of hydrogen-bond donors (Lipinski definition) is 1. The maximum atomic E-state index is 6.43. The summed E-state index contributed by atoms with van der Waals surface area (Å²) in [7, 11) is 0. The molecule has 1 aliphatic rings. The van der Waals surface area contributed by atoms with Crippen LogP contribution in [0.3, 0.4) is 0 Å². The van der Waals surface area contributed by atoms with E-state index in [0.29, 0.717) is 12.1 Å². The number of rotatable bonds is 5. The molecule has 1 unspecified atom stereocenters. The fourth-order valence-electron chi connectivity index (χ4n) is 2.37. The van der Waals surface area contributed by atoms with Gasteiger partial charge in [0.15, 0.2) is 0 Å². The van der Waals surface area contributed by atoms with E-state index >= 15 is 0 Å². The number of nitrogens with one attached hydrogen (secondary N) is 1. The fraction of sp³-hybridized carbons (Fsp3) is 0.667. The van der Waals surface area contributed by atoms with Crippen molar-refractivity contribution in [2.75, 3.05) is 24.7 Å². The Kier molecular flexibility index (Phi) is 5.64. The van der Waals surface area contributed by atoms with Gasteiger partial charge in [-0.2, -0.15) is 0 Å². The molecule has 5 heteroatoms. The topological polar surface area (TPSA) is 37.4 Å². The molecule has 0 amide bonds. The second-order valence-electron chi connectivity index (χ2n) is 5.51. The molecule has 1 atom stereocenters. The summed E-state index contributed by atoms with van der Waals surface area (Å²) in [5.41, 5.74) is 1.12. The monoisotopic (exact) mass is 297 g/mol. The molecule has 20 heavy (non-hydrogen) atoms. The molecule has 112 valence electrons. The van der Waals surface area contributed by atoms with Gasteiger partial charge in [-0.3, -0.25) is 0 Å². The Bertz CT molecular complexity index is 439. The first-order valence-electron chi connectivity index (χ1n) is 7.34. The molecular formula is C15H24ClN3O. The molecular weight excluding hydrogens is 274 g/mol. The van der Waals surface area contributed by atoms with E-state index in [1.165, 1.54) is 0 Å². The number of morpholine rings is 1. The van der Waals surface area contributed by atoms with Gasteiger partial charge in [0.2, 0.25) is 0 Å². The molecule has 1 N–H and O–H groups in total. The van der Waals surface area contributed by atoms with Crippen molar-refractivity contribution in [1.82, 2.24) is 10.3 Å². The Morgan fingerprint density at radius 2 is 2.35 bits per heavy atom. The molecule has 0 aliphatic carbocycles. The summed E-state index contributed by atoms with van der Waals surface area (Å²) in [6.45, 7) is 9.57. The van der Waals surface area contributed by atoms with E-state index in [1.54, 1.807) is 0 Å². The summed E-state index contributed by atoms with van der Waals surface area (Å²) in [4.78, 5) is 6.85. The van der Waals surface area contributed by atoms with Gasteiger partial charge in [-0.1, -0.05) is 32.4 Å². The van der Waals surface area contributed by atoms with Crippen LogP contribution in [0.15, 0.2) is 12.3 Å². The first kappa shape index (κ1) is 15.5. The standard InChI is InChI=1S/C15H24ClN3O/c1-4-13-10-20-6-5-19(13)15-14(16)7-12(9-18-15)8-17-11(2)3/h7,9,11,13,17H,4-6,8,10H2,1-3H3. The van der Waals surface area contributed by atoms with Crippen molar-refractivity contribution in [3.8, 4) is 0 Å². The molecule has 2 rings (SSSR count). The molecule has 1 aromatic rings. The summed E-state index contributed by atoms with van der Waals surface area (Å²) < 4.78 is 5.53. The molecule has 2 heterocycles. The van der Waals surface area contributed by atoms with Gasteiger partial charge in [0.25, 0.3) is 0 Å². The van der Waals surface area contributed by atoms with Gasteiger partial charge in [-0.25, -0.2) is 4.98 Å². The summed E-state index contributed by atoms with van der Waals surface area (Å²) in [5, 5.41) is 4.11. The van der Waals surface area contributed by atoms with Gasteiger partial charge in [-0.05, 0) is 18.1 Å². The van der Waals surface area contributed by atoms with Crippen molar-refractivity contribution >= 4 is 17.4 Å². The summed E-state index contributed by atoms with van der Waals surface area (Å²) in [5.74, 6) is 0.884. The molecule has 0 bridgehead atoms. The highest BCUT2D eigenvalue weighted by molar-refractivity contribution is 6.33. The molecule has 0 spiro atoms. The maximum absolute atomic E-state index is 6.43. The van der Waals surface area contributed by atoms with E-state index < -0.39 is 0 Å². The van der Waals surface area contributed by atoms with Crippen LogP contribution in [0.5, 0.6) is 0 Å². The number of anilines is 1. The highest BCUT2D eigenvalue weighted by Gasteiger charge is 2.24. The average Bonchev–Trinajstić information content (AvgIpc) is 2.45. The Balaban J connectivity index is 2.12. The quantitative estimate of drug-likeness (QED) is 0.907. The van der Waals surface area contributed by atoms with Crippen molar-refractivity contribution in [2.45, 2.75) is 45.8 Å². The third kappa shape index (κ3) is 3.84. The van der Waals surface area contributed by atoms with Gasteiger partial charge in [0.05, 0.1) is 24.3 Å². The van der Waals surface area contributed by atoms with Crippen LogP contribution in [0.4, 0.5) is 5.82 Å². The van der Waals surface area contributed by atoms with Crippen LogP contribution in [-0.2, 0) is 11.3 Å². The lowest BCUT2D eigenvalue weighted by atomic mass is 10.1. The smallest absolute Gasteiger partial charge is 0.147 e. The van der Waals surface area contributed by atoms with Gasteiger partial charge in [-0.15, -0.1) is 0 Å². The Hall–Kier alpha value is -0.840. The molecule has 4 nitrogen and oxygen atoms in total. The zero-order valence-corrected chi connectivity index (χ0v) is 13.3. The minimum absolute atomic E-state index is 0.369. The van der Waals surface area contributed by atoms with Crippen LogP contribution in [0, 0.1) is 0 Å². The Labute approximate surface area is 126 Å². The highest BCUT2D eigenvalue weighted by Crippen LogP contribution is 2.27. The summed E-state index contributed by atoms with van der Waals surface area (Å²) >= 11 is 6.43. The van der Waals surface area contributed by atoms with E-state index in [2.05, 4.69) is 36.0 Å². The highest BCUT2D eigenvalue weighted by atomic mass is 35.5. The summed E-state index contributed by atoms with van der Waals surface area (Å²) in [6.07, 6.45) is 2.95. The molecule has 1 fully saturated rings. The SMILES string of the molecule is CCC1COCCN1c1ncc(CNC(C)C)cc1Cl.